The molecule has 0 aliphatic rings. The second kappa shape index (κ2) is 6.22. The molecule has 0 aromatic heterocycles. The van der Waals surface area contributed by atoms with E-state index in [-0.39, 0.29) is 23.9 Å². The molecule has 104 valence electrons. The number of anilines is 2. The van der Waals surface area contributed by atoms with E-state index in [2.05, 4.69) is 16.0 Å². The molecule has 0 spiro atoms. The number of hydrogen-bond donors (Lipinski definition) is 3. The zero-order chi connectivity index (χ0) is 14.5. The largest absolute Gasteiger partial charge is 0.376 e. The van der Waals surface area contributed by atoms with Crippen LogP contribution in [0.5, 0.6) is 0 Å². The number of carbonyl (C=O) groups is 2. The van der Waals surface area contributed by atoms with Gasteiger partial charge in [0.25, 0.3) is 0 Å². The van der Waals surface area contributed by atoms with Gasteiger partial charge in [-0.15, -0.1) is 0 Å². The molecule has 0 heterocycles. The fourth-order valence-corrected chi connectivity index (χ4v) is 1.52. The van der Waals surface area contributed by atoms with Gasteiger partial charge in [0.05, 0.1) is 6.54 Å². The predicted octanol–water partition coefficient (Wildman–Crippen LogP) is 1.97. The number of hydrogen-bond acceptors (Lipinski definition) is 3. The third kappa shape index (κ3) is 6.45. The van der Waals surface area contributed by atoms with Crippen molar-refractivity contribution in [2.24, 2.45) is 0 Å². The molecule has 0 saturated carbocycles. The minimum atomic E-state index is -0.228. The molecule has 0 aliphatic heterocycles. The van der Waals surface area contributed by atoms with Crippen LogP contribution in [0.1, 0.15) is 27.7 Å². The van der Waals surface area contributed by atoms with E-state index in [0.717, 1.165) is 11.4 Å². The average molecular weight is 263 g/mol. The summed E-state index contributed by atoms with van der Waals surface area (Å²) in [7, 11) is 0. The van der Waals surface area contributed by atoms with Gasteiger partial charge in [-0.25, -0.2) is 0 Å². The van der Waals surface area contributed by atoms with Crippen LogP contribution < -0.4 is 16.0 Å². The summed E-state index contributed by atoms with van der Waals surface area (Å²) in [6.45, 7) is 7.49. The molecule has 0 atom stereocenters. The highest BCUT2D eigenvalue weighted by Gasteiger charge is 2.12. The molecule has 1 aromatic rings. The molecule has 0 saturated heterocycles. The normalized spacial score (nSPS) is 10.7. The van der Waals surface area contributed by atoms with Crippen molar-refractivity contribution in [3.63, 3.8) is 0 Å². The first-order chi connectivity index (χ1) is 8.76. The van der Waals surface area contributed by atoms with Gasteiger partial charge in [-0.05, 0) is 45.0 Å². The van der Waals surface area contributed by atoms with E-state index in [9.17, 15) is 9.59 Å². The molecule has 0 bridgehead atoms. The van der Waals surface area contributed by atoms with Crippen molar-refractivity contribution in [3.05, 3.63) is 24.3 Å². The molecule has 5 nitrogen and oxygen atoms in total. The van der Waals surface area contributed by atoms with Crippen molar-refractivity contribution in [3.8, 4) is 0 Å². The Bertz CT molecular complexity index is 447. The summed E-state index contributed by atoms with van der Waals surface area (Å²) in [6.07, 6.45) is 0. The third-order valence-corrected chi connectivity index (χ3v) is 2.17. The Morgan fingerprint density at radius 2 is 1.58 bits per heavy atom. The Morgan fingerprint density at radius 1 is 1.05 bits per heavy atom. The monoisotopic (exact) mass is 263 g/mol. The van der Waals surface area contributed by atoms with Gasteiger partial charge in [0.2, 0.25) is 11.8 Å². The van der Waals surface area contributed by atoms with Crippen molar-refractivity contribution in [1.82, 2.24) is 5.32 Å². The highest BCUT2D eigenvalue weighted by Crippen LogP contribution is 2.13. The second-order valence-corrected chi connectivity index (χ2v) is 5.41. The van der Waals surface area contributed by atoms with Gasteiger partial charge in [-0.2, -0.15) is 0 Å². The van der Waals surface area contributed by atoms with Crippen molar-refractivity contribution in [1.29, 1.82) is 0 Å². The van der Waals surface area contributed by atoms with E-state index >= 15 is 0 Å². The van der Waals surface area contributed by atoms with Gasteiger partial charge in [-0.1, -0.05) is 0 Å². The van der Waals surface area contributed by atoms with E-state index in [1.54, 1.807) is 12.1 Å². The molecular formula is C14H21N3O2. The lowest BCUT2D eigenvalue weighted by atomic mass is 10.1. The maximum absolute atomic E-state index is 11.6. The van der Waals surface area contributed by atoms with Gasteiger partial charge >= 0.3 is 0 Å². The molecule has 5 heteroatoms. The van der Waals surface area contributed by atoms with Crippen LogP contribution in [0.3, 0.4) is 0 Å². The zero-order valence-electron chi connectivity index (χ0n) is 11.8. The van der Waals surface area contributed by atoms with E-state index in [0.29, 0.717) is 0 Å². The lowest BCUT2D eigenvalue weighted by Gasteiger charge is -2.20. The molecule has 3 N–H and O–H groups in total. The third-order valence-electron chi connectivity index (χ3n) is 2.17. The number of nitrogens with one attached hydrogen (secondary N) is 3. The Hall–Kier alpha value is -2.04. The first-order valence-corrected chi connectivity index (χ1v) is 6.19. The lowest BCUT2D eigenvalue weighted by molar-refractivity contribution is -0.120. The minimum absolute atomic E-state index is 0.0570. The molecule has 0 fully saturated rings. The Labute approximate surface area is 113 Å². The summed E-state index contributed by atoms with van der Waals surface area (Å²) in [5.41, 5.74) is 1.34. The van der Waals surface area contributed by atoms with E-state index in [4.69, 9.17) is 0 Å². The second-order valence-electron chi connectivity index (χ2n) is 5.41. The van der Waals surface area contributed by atoms with Crippen LogP contribution >= 0.6 is 0 Å². The maximum atomic E-state index is 11.6. The van der Waals surface area contributed by atoms with Crippen LogP contribution in [0, 0.1) is 0 Å². The summed E-state index contributed by atoms with van der Waals surface area (Å²) in [4.78, 5) is 22.5. The topological polar surface area (TPSA) is 70.2 Å². The van der Waals surface area contributed by atoms with Gasteiger partial charge in [-0.3, -0.25) is 9.59 Å². The Balaban J connectivity index is 2.46. The first-order valence-electron chi connectivity index (χ1n) is 6.19. The van der Waals surface area contributed by atoms with Crippen LogP contribution in [0.15, 0.2) is 24.3 Å². The van der Waals surface area contributed by atoms with E-state index in [1.807, 2.05) is 32.9 Å². The Morgan fingerprint density at radius 3 is 2.05 bits per heavy atom. The summed E-state index contributed by atoms with van der Waals surface area (Å²) in [5.74, 6) is -0.163. The minimum Gasteiger partial charge on any atom is -0.376 e. The van der Waals surface area contributed by atoms with Crippen LogP contribution in [-0.4, -0.2) is 23.9 Å². The number of carbonyl (C=O) groups excluding carboxylic acids is 2. The van der Waals surface area contributed by atoms with E-state index in [1.165, 1.54) is 6.92 Å². The standard InChI is InChI=1S/C14H21N3O2/c1-10(18)16-12-7-5-11(6-8-12)15-9-13(19)17-14(2,3)4/h5-8,15H,9H2,1-4H3,(H,16,18)(H,17,19). The number of benzene rings is 1. The lowest BCUT2D eigenvalue weighted by Crippen LogP contribution is -2.43. The molecule has 1 rings (SSSR count). The Kier molecular flexibility index (Phi) is 4.92. The van der Waals surface area contributed by atoms with Gasteiger partial charge in [0, 0.05) is 23.8 Å². The highest BCUT2D eigenvalue weighted by atomic mass is 16.2. The molecule has 1 aromatic carbocycles. The molecule has 2 amide bonds. The fraction of sp³-hybridized carbons (Fsp3) is 0.429. The maximum Gasteiger partial charge on any atom is 0.239 e. The SMILES string of the molecule is CC(=O)Nc1ccc(NCC(=O)NC(C)(C)C)cc1. The van der Waals surface area contributed by atoms with Crippen LogP contribution in [0.25, 0.3) is 0 Å². The molecule has 0 radical (unpaired) electrons. The molecular weight excluding hydrogens is 242 g/mol. The summed E-state index contributed by atoms with van der Waals surface area (Å²) >= 11 is 0. The summed E-state index contributed by atoms with van der Waals surface area (Å²) in [6, 6.07) is 7.20. The average Bonchev–Trinajstić information content (AvgIpc) is 2.25. The highest BCUT2D eigenvalue weighted by molar-refractivity contribution is 5.89. The zero-order valence-corrected chi connectivity index (χ0v) is 11.8. The van der Waals surface area contributed by atoms with Crippen molar-refractivity contribution in [2.45, 2.75) is 33.2 Å². The van der Waals surface area contributed by atoms with Crippen molar-refractivity contribution >= 4 is 23.2 Å². The van der Waals surface area contributed by atoms with Crippen LogP contribution in [0.4, 0.5) is 11.4 Å². The van der Waals surface area contributed by atoms with E-state index < -0.39 is 0 Å². The van der Waals surface area contributed by atoms with Crippen LogP contribution in [-0.2, 0) is 9.59 Å². The molecule has 0 aliphatic carbocycles. The number of amides is 2. The quantitative estimate of drug-likeness (QED) is 0.778. The summed E-state index contributed by atoms with van der Waals surface area (Å²) in [5, 5.41) is 8.57. The first kappa shape index (κ1) is 15.0. The fourth-order valence-electron chi connectivity index (χ4n) is 1.52. The molecule has 0 unspecified atom stereocenters. The van der Waals surface area contributed by atoms with Crippen molar-refractivity contribution in [2.75, 3.05) is 17.2 Å². The van der Waals surface area contributed by atoms with Gasteiger partial charge in [0.1, 0.15) is 0 Å². The van der Waals surface area contributed by atoms with Crippen molar-refractivity contribution < 1.29 is 9.59 Å². The predicted molar refractivity (Wildman–Crippen MR) is 77.1 cm³/mol. The van der Waals surface area contributed by atoms with Crippen LogP contribution in [0.2, 0.25) is 0 Å². The molecule has 19 heavy (non-hydrogen) atoms. The van der Waals surface area contributed by atoms with Gasteiger partial charge in [0.15, 0.2) is 0 Å². The summed E-state index contributed by atoms with van der Waals surface area (Å²) < 4.78 is 0. The number of rotatable bonds is 4. The van der Waals surface area contributed by atoms with Gasteiger partial charge < -0.3 is 16.0 Å². The smallest absolute Gasteiger partial charge is 0.239 e.